The number of nitrogens with two attached hydrogens (primary N) is 1. The molecule has 1 atom stereocenters. The first-order valence-corrected chi connectivity index (χ1v) is 5.54. The molecule has 0 aliphatic carbocycles. The summed E-state index contributed by atoms with van der Waals surface area (Å²) < 4.78 is 7.11. The number of methoxy groups -OCH3 is 1. The van der Waals surface area contributed by atoms with E-state index in [0.717, 1.165) is 17.9 Å². The quantitative estimate of drug-likeness (QED) is 0.864. The molecule has 2 heterocycles. The highest BCUT2D eigenvalue weighted by molar-refractivity contribution is 5.33. The monoisotopic (exact) mass is 232 g/mol. The molecule has 0 fully saturated rings. The Labute approximate surface area is 100 Å². The van der Waals surface area contributed by atoms with Crippen molar-refractivity contribution in [1.82, 2.24) is 14.8 Å². The molecule has 0 saturated carbocycles. The number of ether oxygens (including phenoxy) is 1. The number of rotatable bonds is 4. The van der Waals surface area contributed by atoms with E-state index in [1.807, 2.05) is 29.8 Å². The molecule has 2 aromatic heterocycles. The highest BCUT2D eigenvalue weighted by Gasteiger charge is 2.20. The zero-order valence-corrected chi connectivity index (χ0v) is 10.00. The van der Waals surface area contributed by atoms with Crippen molar-refractivity contribution in [2.24, 2.45) is 5.73 Å². The number of pyridine rings is 1. The molecule has 5 heteroatoms. The smallest absolute Gasteiger partial charge is 0.161 e. The van der Waals surface area contributed by atoms with Crippen LogP contribution in [0.5, 0.6) is 5.75 Å². The Bertz CT molecular complexity index is 459. The van der Waals surface area contributed by atoms with E-state index in [0.29, 0.717) is 5.75 Å². The van der Waals surface area contributed by atoms with Gasteiger partial charge in [-0.2, -0.15) is 5.10 Å². The predicted molar refractivity (Wildman–Crippen MR) is 64.7 cm³/mol. The highest BCUT2D eigenvalue weighted by Crippen LogP contribution is 2.26. The van der Waals surface area contributed by atoms with Gasteiger partial charge in [0.05, 0.1) is 25.0 Å². The molecule has 5 nitrogen and oxygen atoms in total. The number of aromatic nitrogens is 3. The van der Waals surface area contributed by atoms with Crippen LogP contribution in [0, 0.1) is 0 Å². The summed E-state index contributed by atoms with van der Waals surface area (Å²) in [6.45, 7) is 2.76. The van der Waals surface area contributed by atoms with E-state index in [1.165, 1.54) is 0 Å². The van der Waals surface area contributed by atoms with Gasteiger partial charge in [0.1, 0.15) is 5.69 Å². The zero-order chi connectivity index (χ0) is 12.3. The molecule has 90 valence electrons. The van der Waals surface area contributed by atoms with E-state index >= 15 is 0 Å². The van der Waals surface area contributed by atoms with Crippen LogP contribution in [0.25, 0.3) is 0 Å². The second kappa shape index (κ2) is 4.97. The van der Waals surface area contributed by atoms with E-state index < -0.39 is 0 Å². The molecule has 0 radical (unpaired) electrons. The van der Waals surface area contributed by atoms with Crippen LogP contribution >= 0.6 is 0 Å². The standard InChI is InChI=1S/C12H16N4O/c1-3-16-12(10(17-2)8-15-16)11(13)9-6-4-5-7-14-9/h4-8,11H,3,13H2,1-2H3. The third-order valence-corrected chi connectivity index (χ3v) is 2.67. The van der Waals surface area contributed by atoms with E-state index in [1.54, 1.807) is 19.5 Å². The van der Waals surface area contributed by atoms with Gasteiger partial charge in [-0.3, -0.25) is 9.67 Å². The maximum absolute atomic E-state index is 6.21. The average molecular weight is 232 g/mol. The third kappa shape index (κ3) is 2.14. The van der Waals surface area contributed by atoms with Crippen LogP contribution in [-0.4, -0.2) is 21.9 Å². The van der Waals surface area contributed by atoms with Crippen LogP contribution in [0.2, 0.25) is 0 Å². The van der Waals surface area contributed by atoms with E-state index in [2.05, 4.69) is 10.1 Å². The van der Waals surface area contributed by atoms with E-state index in [4.69, 9.17) is 10.5 Å². The minimum atomic E-state index is -0.325. The number of nitrogens with zero attached hydrogens (tertiary/aromatic N) is 3. The van der Waals surface area contributed by atoms with Gasteiger partial charge in [-0.1, -0.05) is 6.07 Å². The highest BCUT2D eigenvalue weighted by atomic mass is 16.5. The van der Waals surface area contributed by atoms with Crippen LogP contribution in [0.1, 0.15) is 24.4 Å². The minimum absolute atomic E-state index is 0.325. The lowest BCUT2D eigenvalue weighted by molar-refractivity contribution is 0.404. The van der Waals surface area contributed by atoms with Gasteiger partial charge in [0.25, 0.3) is 0 Å². The van der Waals surface area contributed by atoms with Gasteiger partial charge in [-0.25, -0.2) is 0 Å². The second-order valence-electron chi connectivity index (χ2n) is 3.65. The lowest BCUT2D eigenvalue weighted by Gasteiger charge is -2.14. The van der Waals surface area contributed by atoms with Crippen LogP contribution in [-0.2, 0) is 6.54 Å². The molecule has 0 bridgehead atoms. The molecule has 2 aromatic rings. The molecular formula is C12H16N4O. The maximum Gasteiger partial charge on any atom is 0.161 e. The fraction of sp³-hybridized carbons (Fsp3) is 0.333. The van der Waals surface area contributed by atoms with Crippen LogP contribution in [0.15, 0.2) is 30.6 Å². The molecule has 0 aromatic carbocycles. The first-order chi connectivity index (χ1) is 8.27. The molecule has 2 rings (SSSR count). The maximum atomic E-state index is 6.21. The van der Waals surface area contributed by atoms with Crippen molar-refractivity contribution in [2.45, 2.75) is 19.5 Å². The van der Waals surface area contributed by atoms with Crippen molar-refractivity contribution in [2.75, 3.05) is 7.11 Å². The van der Waals surface area contributed by atoms with Crippen LogP contribution in [0.3, 0.4) is 0 Å². The predicted octanol–water partition coefficient (Wildman–Crippen LogP) is 1.35. The van der Waals surface area contributed by atoms with Gasteiger partial charge in [0, 0.05) is 12.7 Å². The molecule has 0 spiro atoms. The Kier molecular flexibility index (Phi) is 3.39. The lowest BCUT2D eigenvalue weighted by Crippen LogP contribution is -2.19. The Morgan fingerprint density at radius 3 is 2.88 bits per heavy atom. The van der Waals surface area contributed by atoms with Gasteiger partial charge < -0.3 is 10.5 Å². The van der Waals surface area contributed by atoms with Crippen molar-refractivity contribution in [1.29, 1.82) is 0 Å². The summed E-state index contributed by atoms with van der Waals surface area (Å²) >= 11 is 0. The first kappa shape index (κ1) is 11.6. The average Bonchev–Trinajstić information content (AvgIpc) is 2.81. The molecule has 2 N–H and O–H groups in total. The summed E-state index contributed by atoms with van der Waals surface area (Å²) in [6.07, 6.45) is 3.41. The molecule has 17 heavy (non-hydrogen) atoms. The summed E-state index contributed by atoms with van der Waals surface area (Å²) in [5.41, 5.74) is 7.87. The minimum Gasteiger partial charge on any atom is -0.493 e. The summed E-state index contributed by atoms with van der Waals surface area (Å²) in [5, 5.41) is 4.24. The summed E-state index contributed by atoms with van der Waals surface area (Å²) in [6, 6.07) is 5.36. The van der Waals surface area contributed by atoms with Gasteiger partial charge in [-0.05, 0) is 19.1 Å². The molecule has 0 aliphatic heterocycles. The molecule has 0 saturated heterocycles. The van der Waals surface area contributed by atoms with Crippen molar-refractivity contribution < 1.29 is 4.74 Å². The molecule has 1 unspecified atom stereocenters. The van der Waals surface area contributed by atoms with Crippen LogP contribution in [0.4, 0.5) is 0 Å². The fourth-order valence-corrected chi connectivity index (χ4v) is 1.80. The second-order valence-corrected chi connectivity index (χ2v) is 3.65. The largest absolute Gasteiger partial charge is 0.493 e. The van der Waals surface area contributed by atoms with Gasteiger partial charge in [-0.15, -0.1) is 0 Å². The number of aryl methyl sites for hydroxylation is 1. The zero-order valence-electron chi connectivity index (χ0n) is 10.00. The lowest BCUT2D eigenvalue weighted by atomic mass is 10.1. The van der Waals surface area contributed by atoms with Gasteiger partial charge in [0.15, 0.2) is 5.75 Å². The number of hydrogen-bond donors (Lipinski definition) is 1. The van der Waals surface area contributed by atoms with Gasteiger partial charge in [0.2, 0.25) is 0 Å². The SMILES string of the molecule is CCn1ncc(OC)c1C(N)c1ccccn1. The first-order valence-electron chi connectivity index (χ1n) is 5.54. The Morgan fingerprint density at radius 2 is 2.29 bits per heavy atom. The van der Waals surface area contributed by atoms with Crippen molar-refractivity contribution in [3.8, 4) is 5.75 Å². The van der Waals surface area contributed by atoms with Crippen LogP contribution < -0.4 is 10.5 Å². The molecular weight excluding hydrogens is 216 g/mol. The fourth-order valence-electron chi connectivity index (χ4n) is 1.80. The summed E-state index contributed by atoms with van der Waals surface area (Å²) in [4.78, 5) is 4.26. The number of hydrogen-bond acceptors (Lipinski definition) is 4. The Balaban J connectivity index is 2.42. The van der Waals surface area contributed by atoms with Crippen molar-refractivity contribution >= 4 is 0 Å². The summed E-state index contributed by atoms with van der Waals surface area (Å²) in [5.74, 6) is 0.699. The normalized spacial score (nSPS) is 12.4. The van der Waals surface area contributed by atoms with E-state index in [-0.39, 0.29) is 6.04 Å². The van der Waals surface area contributed by atoms with Gasteiger partial charge >= 0.3 is 0 Å². The Hall–Kier alpha value is -1.88. The third-order valence-electron chi connectivity index (χ3n) is 2.67. The topological polar surface area (TPSA) is 66.0 Å². The molecule has 0 amide bonds. The van der Waals surface area contributed by atoms with Crippen molar-refractivity contribution in [3.05, 3.63) is 42.0 Å². The Morgan fingerprint density at radius 1 is 1.47 bits per heavy atom. The summed E-state index contributed by atoms with van der Waals surface area (Å²) in [7, 11) is 1.62. The molecule has 0 aliphatic rings. The van der Waals surface area contributed by atoms with Crippen molar-refractivity contribution in [3.63, 3.8) is 0 Å². The van der Waals surface area contributed by atoms with E-state index in [9.17, 15) is 0 Å².